The SMILES string of the molecule is N#Cc1ccc(-c2ccc(-c3ccc(C(F)(F)F)cc3C#N)cc2-n2c3ccccc3c3c4sc5ccccc5c4ccc32)c(-n2c3ccccc3c3c4sc5ccccc5c4ccc32)c1. The summed E-state index contributed by atoms with van der Waals surface area (Å²) in [7, 11) is 0. The van der Waals surface area contributed by atoms with Gasteiger partial charge in [0.2, 0.25) is 0 Å². The fourth-order valence-electron chi connectivity index (χ4n) is 10.2. The molecule has 0 aliphatic heterocycles. The molecule has 0 aliphatic rings. The molecule has 0 radical (unpaired) electrons. The number of benzene rings is 9. The van der Waals surface area contributed by atoms with Crippen LogP contribution in [0.4, 0.5) is 13.2 Å². The molecule has 9 aromatic carbocycles. The minimum absolute atomic E-state index is 0.0744. The van der Waals surface area contributed by atoms with Gasteiger partial charge in [-0.05, 0) is 77.9 Å². The van der Waals surface area contributed by atoms with Crippen LogP contribution in [-0.2, 0) is 6.18 Å². The fourth-order valence-corrected chi connectivity index (χ4v) is 12.7. The van der Waals surface area contributed by atoms with E-state index in [1.807, 2.05) is 54.6 Å². The first-order valence-electron chi connectivity index (χ1n) is 21.3. The normalized spacial score (nSPS) is 12.1. The molecule has 13 aromatic rings. The summed E-state index contributed by atoms with van der Waals surface area (Å²) in [6.07, 6.45) is -4.61. The van der Waals surface area contributed by atoms with Gasteiger partial charge in [-0.15, -0.1) is 22.7 Å². The molecule has 0 N–H and O–H groups in total. The minimum Gasteiger partial charge on any atom is -0.309 e. The topological polar surface area (TPSA) is 57.4 Å². The van der Waals surface area contributed by atoms with Crippen molar-refractivity contribution in [2.45, 2.75) is 6.18 Å². The van der Waals surface area contributed by atoms with Gasteiger partial charge < -0.3 is 9.13 Å². The molecule has 0 atom stereocenters. The highest BCUT2D eigenvalue weighted by molar-refractivity contribution is 7.27. The molecule has 0 aliphatic carbocycles. The van der Waals surface area contributed by atoms with Gasteiger partial charge >= 0.3 is 6.18 Å². The van der Waals surface area contributed by atoms with Crippen molar-refractivity contribution in [2.75, 3.05) is 0 Å². The first-order valence-corrected chi connectivity index (χ1v) is 22.9. The van der Waals surface area contributed by atoms with Gasteiger partial charge in [0, 0.05) is 73.0 Å². The number of thiophene rings is 2. The molecule has 0 saturated carbocycles. The Morgan fingerprint density at radius 2 is 0.924 bits per heavy atom. The molecule has 0 bridgehead atoms. The van der Waals surface area contributed by atoms with E-state index in [-0.39, 0.29) is 5.56 Å². The third kappa shape index (κ3) is 5.48. The Morgan fingerprint density at radius 1 is 0.424 bits per heavy atom. The summed E-state index contributed by atoms with van der Waals surface area (Å²) in [6, 6.07) is 61.8. The number of hydrogen-bond donors (Lipinski definition) is 0. The number of rotatable bonds is 4. The van der Waals surface area contributed by atoms with E-state index >= 15 is 0 Å². The van der Waals surface area contributed by atoms with Crippen molar-refractivity contribution in [3.63, 3.8) is 0 Å². The summed E-state index contributed by atoms with van der Waals surface area (Å²) >= 11 is 3.54. The predicted molar refractivity (Wildman–Crippen MR) is 266 cm³/mol. The second-order valence-electron chi connectivity index (χ2n) is 16.5. The van der Waals surface area contributed by atoms with E-state index in [0.29, 0.717) is 16.7 Å². The van der Waals surface area contributed by atoms with E-state index in [1.165, 1.54) is 36.3 Å². The molecule has 0 amide bonds. The van der Waals surface area contributed by atoms with Crippen LogP contribution in [0.1, 0.15) is 16.7 Å². The molecule has 4 aromatic heterocycles. The number of halogens is 3. The molecule has 13 rings (SSSR count). The van der Waals surface area contributed by atoms with Crippen molar-refractivity contribution in [1.29, 1.82) is 10.5 Å². The van der Waals surface area contributed by atoms with Crippen molar-refractivity contribution in [3.8, 4) is 45.8 Å². The van der Waals surface area contributed by atoms with Crippen LogP contribution in [0.3, 0.4) is 0 Å². The lowest BCUT2D eigenvalue weighted by Gasteiger charge is -2.20. The van der Waals surface area contributed by atoms with Crippen LogP contribution in [0.15, 0.2) is 176 Å². The average molecular weight is 891 g/mol. The van der Waals surface area contributed by atoms with Crippen molar-refractivity contribution in [2.24, 2.45) is 0 Å². The van der Waals surface area contributed by atoms with E-state index in [2.05, 4.69) is 124 Å². The zero-order chi connectivity index (χ0) is 44.4. The Hall–Kier alpha value is -8.21. The average Bonchev–Trinajstić information content (AvgIpc) is 4.11. The Kier molecular flexibility index (Phi) is 8.20. The maximum atomic E-state index is 14.0. The third-order valence-corrected chi connectivity index (χ3v) is 15.4. The van der Waals surface area contributed by atoms with Crippen LogP contribution in [0, 0.1) is 22.7 Å². The molecule has 0 unspecified atom stereocenters. The lowest BCUT2D eigenvalue weighted by Crippen LogP contribution is -2.05. The van der Waals surface area contributed by atoms with Crippen molar-refractivity contribution in [3.05, 3.63) is 193 Å². The maximum Gasteiger partial charge on any atom is 0.416 e. The summed E-state index contributed by atoms with van der Waals surface area (Å²) in [6.45, 7) is 0. The molecule has 66 heavy (non-hydrogen) atoms. The number of nitriles is 2. The van der Waals surface area contributed by atoms with Crippen LogP contribution in [0.25, 0.3) is 118 Å². The highest BCUT2D eigenvalue weighted by atomic mass is 32.1. The van der Waals surface area contributed by atoms with Gasteiger partial charge in [0.1, 0.15) is 0 Å². The lowest BCUT2D eigenvalue weighted by atomic mass is 9.93. The Balaban J connectivity index is 1.15. The van der Waals surface area contributed by atoms with Gasteiger partial charge in [-0.1, -0.05) is 109 Å². The minimum atomic E-state index is -4.61. The number of nitrogens with zero attached hydrogens (tertiary/aromatic N) is 4. The highest BCUT2D eigenvalue weighted by Gasteiger charge is 2.31. The van der Waals surface area contributed by atoms with Crippen LogP contribution in [0.5, 0.6) is 0 Å². The van der Waals surface area contributed by atoms with Gasteiger partial charge in [0.05, 0.1) is 62.3 Å². The number of aromatic nitrogens is 2. The van der Waals surface area contributed by atoms with Crippen LogP contribution in [0.2, 0.25) is 0 Å². The van der Waals surface area contributed by atoms with E-state index in [9.17, 15) is 23.7 Å². The molecular formula is C57H29F3N4S2. The van der Waals surface area contributed by atoms with E-state index in [1.54, 1.807) is 22.7 Å². The molecule has 4 nitrogen and oxygen atoms in total. The Labute approximate surface area is 382 Å². The Morgan fingerprint density at radius 3 is 1.47 bits per heavy atom. The van der Waals surface area contributed by atoms with Gasteiger partial charge in [0.25, 0.3) is 0 Å². The zero-order valence-corrected chi connectivity index (χ0v) is 36.1. The summed E-state index contributed by atoms with van der Waals surface area (Å²) in [5.41, 5.74) is 7.65. The molecule has 0 saturated heterocycles. The largest absolute Gasteiger partial charge is 0.416 e. The predicted octanol–water partition coefficient (Wildman–Crippen LogP) is 16.7. The molecule has 9 heteroatoms. The second-order valence-corrected chi connectivity index (χ2v) is 18.6. The van der Waals surface area contributed by atoms with E-state index in [4.69, 9.17) is 0 Å². The summed E-state index contributed by atoms with van der Waals surface area (Å²) in [5, 5.41) is 29.9. The van der Waals surface area contributed by atoms with Crippen LogP contribution in [-0.4, -0.2) is 9.13 Å². The maximum absolute atomic E-state index is 14.0. The van der Waals surface area contributed by atoms with Crippen molar-refractivity contribution < 1.29 is 13.2 Å². The standard InChI is InChI=1S/C57H29F3N4S2/c58-57(59,60)35-19-22-36(34(28-35)31-62)33-18-21-38(50(29-33)64-46-14-6-2-12-44(46)54-48(64)26-24-42-40-10-4-8-16-52(40)66-56(42)54)37-20-17-32(30-61)27-49(37)63-45-13-5-1-11-43(45)53-47(63)25-23-41-39-9-3-7-15-51(39)65-55(41)53/h1-29H. The Bertz CT molecular complexity index is 4320. The summed E-state index contributed by atoms with van der Waals surface area (Å²) in [4.78, 5) is 0. The van der Waals surface area contributed by atoms with Gasteiger partial charge in [-0.3, -0.25) is 0 Å². The lowest BCUT2D eigenvalue weighted by molar-refractivity contribution is -0.137. The molecular weight excluding hydrogens is 862 g/mol. The molecule has 0 spiro atoms. The van der Waals surface area contributed by atoms with Crippen LogP contribution < -0.4 is 0 Å². The van der Waals surface area contributed by atoms with E-state index < -0.39 is 11.7 Å². The van der Waals surface area contributed by atoms with E-state index in [0.717, 1.165) is 88.3 Å². The number of para-hydroxylation sites is 2. The highest BCUT2D eigenvalue weighted by Crippen LogP contribution is 2.48. The molecule has 310 valence electrons. The third-order valence-electron chi connectivity index (χ3n) is 13.0. The summed E-state index contributed by atoms with van der Waals surface area (Å²) in [5.74, 6) is 0. The van der Waals surface area contributed by atoms with Gasteiger partial charge in [-0.2, -0.15) is 23.7 Å². The molecule has 4 heterocycles. The van der Waals surface area contributed by atoms with Crippen molar-refractivity contribution >= 4 is 107 Å². The molecule has 0 fully saturated rings. The van der Waals surface area contributed by atoms with Crippen molar-refractivity contribution in [1.82, 2.24) is 9.13 Å². The smallest absolute Gasteiger partial charge is 0.309 e. The van der Waals surface area contributed by atoms with Gasteiger partial charge in [-0.25, -0.2) is 0 Å². The quantitative estimate of drug-likeness (QED) is 0.177. The first-order chi connectivity index (χ1) is 32.3. The fraction of sp³-hybridized carbons (Fsp3) is 0.0175. The zero-order valence-electron chi connectivity index (χ0n) is 34.5. The van der Waals surface area contributed by atoms with Crippen LogP contribution >= 0.6 is 22.7 Å². The number of hydrogen-bond acceptors (Lipinski definition) is 4. The monoisotopic (exact) mass is 890 g/mol. The second kappa shape index (κ2) is 14.1. The number of alkyl halides is 3. The summed E-state index contributed by atoms with van der Waals surface area (Å²) < 4.78 is 51.3. The first kappa shape index (κ1) is 38.3. The van der Waals surface area contributed by atoms with Gasteiger partial charge in [0.15, 0.2) is 0 Å². The number of fused-ring (bicyclic) bond motifs is 14.